The maximum absolute atomic E-state index is 12.7. The lowest BCUT2D eigenvalue weighted by Crippen LogP contribution is -2.19. The van der Waals surface area contributed by atoms with E-state index < -0.39 is 23.7 Å². The minimum atomic E-state index is -4.49. The second kappa shape index (κ2) is 7.69. The Morgan fingerprint density at radius 3 is 2.29 bits per heavy atom. The molecule has 4 N–H and O–H groups in total. The number of nitrogens with one attached hydrogen (secondary N) is 2. The maximum atomic E-state index is 12.7. The molecule has 28 heavy (non-hydrogen) atoms. The van der Waals surface area contributed by atoms with E-state index in [0.29, 0.717) is 5.69 Å². The highest BCUT2D eigenvalue weighted by Crippen LogP contribution is 2.31. The van der Waals surface area contributed by atoms with Gasteiger partial charge in [-0.15, -0.1) is 11.3 Å². The van der Waals surface area contributed by atoms with Gasteiger partial charge >= 0.3 is 12.2 Å². The zero-order valence-electron chi connectivity index (χ0n) is 14.1. The van der Waals surface area contributed by atoms with Crippen molar-refractivity contribution in [2.45, 2.75) is 6.18 Å². The number of nitrogens with two attached hydrogens (primary N) is 1. The monoisotopic (exact) mass is 406 g/mol. The van der Waals surface area contributed by atoms with E-state index in [9.17, 15) is 22.8 Å². The average Bonchev–Trinajstić information content (AvgIpc) is 3.12. The van der Waals surface area contributed by atoms with Crippen LogP contribution in [0, 0.1) is 0 Å². The smallest absolute Gasteiger partial charge is 0.364 e. The summed E-state index contributed by atoms with van der Waals surface area (Å²) in [6.07, 6.45) is -2.97. The molecule has 0 aliphatic rings. The topological polar surface area (TPSA) is 97.1 Å². The van der Waals surface area contributed by atoms with Crippen molar-refractivity contribution in [2.24, 2.45) is 5.73 Å². The Hall–Kier alpha value is -3.40. The summed E-state index contributed by atoms with van der Waals surface area (Å²) < 4.78 is 38.2. The van der Waals surface area contributed by atoms with Gasteiger partial charge in [-0.1, -0.05) is 18.2 Å². The molecule has 0 aliphatic heterocycles. The van der Waals surface area contributed by atoms with Gasteiger partial charge in [0.15, 0.2) is 5.01 Å². The van der Waals surface area contributed by atoms with Crippen molar-refractivity contribution < 1.29 is 22.8 Å². The van der Waals surface area contributed by atoms with Gasteiger partial charge in [0.1, 0.15) is 0 Å². The fraction of sp³-hybridized carbons (Fsp3) is 0.0556. The first-order valence-corrected chi connectivity index (χ1v) is 8.65. The van der Waals surface area contributed by atoms with Gasteiger partial charge < -0.3 is 16.4 Å². The van der Waals surface area contributed by atoms with Crippen molar-refractivity contribution in [1.82, 2.24) is 4.98 Å². The summed E-state index contributed by atoms with van der Waals surface area (Å²) in [5.41, 5.74) is 5.55. The number of hydrogen-bond donors (Lipinski definition) is 3. The Morgan fingerprint density at radius 2 is 1.68 bits per heavy atom. The molecule has 1 heterocycles. The quantitative estimate of drug-likeness (QED) is 0.592. The Balaban J connectivity index is 1.65. The maximum Gasteiger partial charge on any atom is 0.416 e. The van der Waals surface area contributed by atoms with Crippen LogP contribution in [0.3, 0.4) is 0 Å². The number of carbonyl (C=O) groups excluding carboxylic acids is 2. The summed E-state index contributed by atoms with van der Waals surface area (Å²) >= 11 is 1.14. The fourth-order valence-electron chi connectivity index (χ4n) is 2.31. The van der Waals surface area contributed by atoms with Crippen LogP contribution < -0.4 is 16.4 Å². The van der Waals surface area contributed by atoms with Gasteiger partial charge in [-0.3, -0.25) is 4.79 Å². The van der Waals surface area contributed by atoms with Crippen LogP contribution in [-0.4, -0.2) is 16.9 Å². The number of halogens is 3. The van der Waals surface area contributed by atoms with E-state index in [-0.39, 0.29) is 10.7 Å². The van der Waals surface area contributed by atoms with Crippen LogP contribution >= 0.6 is 11.3 Å². The lowest BCUT2D eigenvalue weighted by atomic mass is 10.2. The molecule has 0 fully saturated rings. The first-order valence-electron chi connectivity index (χ1n) is 7.84. The highest BCUT2D eigenvalue weighted by Gasteiger charge is 2.30. The van der Waals surface area contributed by atoms with E-state index >= 15 is 0 Å². The van der Waals surface area contributed by atoms with E-state index in [1.54, 1.807) is 24.3 Å². The minimum Gasteiger partial charge on any atom is -0.364 e. The standard InChI is InChI=1S/C18H13F3N4O2S/c19-18(20,21)11-2-1-3-13(8-11)25-17(27)24-12-6-4-10(5-7-12)14-9-23-16(28-14)15(22)26/h1-9H,(H2,22,26)(H2,24,25,27). The van der Waals surface area contributed by atoms with Gasteiger partial charge in [0.2, 0.25) is 0 Å². The van der Waals surface area contributed by atoms with Gasteiger partial charge in [0.25, 0.3) is 5.91 Å². The molecular weight excluding hydrogens is 393 g/mol. The molecule has 0 atom stereocenters. The first kappa shape index (κ1) is 19.4. The fourth-order valence-corrected chi connectivity index (χ4v) is 3.08. The second-order valence-electron chi connectivity index (χ2n) is 5.63. The van der Waals surface area contributed by atoms with E-state index in [2.05, 4.69) is 15.6 Å². The number of anilines is 2. The number of benzene rings is 2. The van der Waals surface area contributed by atoms with Crippen LogP contribution in [0.2, 0.25) is 0 Å². The van der Waals surface area contributed by atoms with Crippen molar-refractivity contribution in [3.05, 3.63) is 65.3 Å². The number of alkyl halides is 3. The molecule has 0 saturated carbocycles. The molecule has 0 aliphatic carbocycles. The SMILES string of the molecule is NC(=O)c1ncc(-c2ccc(NC(=O)Nc3cccc(C(F)(F)F)c3)cc2)s1. The number of aromatic nitrogens is 1. The summed E-state index contributed by atoms with van der Waals surface area (Å²) in [5, 5.41) is 5.08. The zero-order valence-corrected chi connectivity index (χ0v) is 14.9. The summed E-state index contributed by atoms with van der Waals surface area (Å²) in [5.74, 6) is -0.610. The number of nitrogens with zero attached hydrogens (tertiary/aromatic N) is 1. The predicted octanol–water partition coefficient (Wildman–Crippen LogP) is 4.57. The molecule has 1 aromatic heterocycles. The minimum absolute atomic E-state index is 0.0209. The molecule has 10 heteroatoms. The number of urea groups is 1. The Bertz CT molecular complexity index is 1020. The van der Waals surface area contributed by atoms with Gasteiger partial charge in [0.05, 0.1) is 10.4 Å². The molecule has 3 aromatic rings. The number of primary amides is 1. The molecule has 0 radical (unpaired) electrons. The van der Waals surface area contributed by atoms with Crippen molar-refractivity contribution >= 4 is 34.6 Å². The van der Waals surface area contributed by atoms with Crippen LogP contribution in [0.5, 0.6) is 0 Å². The number of carbonyl (C=O) groups is 2. The third-order valence-electron chi connectivity index (χ3n) is 3.59. The number of hydrogen-bond acceptors (Lipinski definition) is 4. The molecule has 0 saturated heterocycles. The van der Waals surface area contributed by atoms with Gasteiger partial charge in [-0.05, 0) is 35.9 Å². The largest absolute Gasteiger partial charge is 0.416 e. The lowest BCUT2D eigenvalue weighted by molar-refractivity contribution is -0.137. The highest BCUT2D eigenvalue weighted by atomic mass is 32.1. The first-order chi connectivity index (χ1) is 13.2. The van der Waals surface area contributed by atoms with E-state index in [1.165, 1.54) is 18.3 Å². The van der Waals surface area contributed by atoms with Crippen LogP contribution in [0.15, 0.2) is 54.7 Å². The number of amides is 3. The molecular formula is C18H13F3N4O2S. The molecule has 144 valence electrons. The molecule has 3 amide bonds. The average molecular weight is 406 g/mol. The van der Waals surface area contributed by atoms with Crippen LogP contribution in [-0.2, 0) is 6.18 Å². The second-order valence-corrected chi connectivity index (χ2v) is 6.66. The van der Waals surface area contributed by atoms with Crippen LogP contribution in [0.25, 0.3) is 10.4 Å². The van der Waals surface area contributed by atoms with E-state index in [0.717, 1.165) is 33.9 Å². The summed E-state index contributed by atoms with van der Waals surface area (Å²) in [6.45, 7) is 0. The van der Waals surface area contributed by atoms with E-state index in [1.807, 2.05) is 0 Å². The van der Waals surface area contributed by atoms with Crippen LogP contribution in [0.4, 0.5) is 29.3 Å². The van der Waals surface area contributed by atoms with Crippen molar-refractivity contribution in [3.8, 4) is 10.4 Å². The Morgan fingerprint density at radius 1 is 1.00 bits per heavy atom. The summed E-state index contributed by atoms with van der Waals surface area (Å²) in [7, 11) is 0. The third kappa shape index (κ3) is 4.65. The van der Waals surface area contributed by atoms with Crippen molar-refractivity contribution in [1.29, 1.82) is 0 Å². The molecule has 0 unspecified atom stereocenters. The highest BCUT2D eigenvalue weighted by molar-refractivity contribution is 7.16. The Labute approximate surface area is 161 Å². The summed E-state index contributed by atoms with van der Waals surface area (Å²) in [6, 6.07) is 10.3. The van der Waals surface area contributed by atoms with Gasteiger partial charge in [-0.25, -0.2) is 9.78 Å². The number of rotatable bonds is 4. The van der Waals surface area contributed by atoms with E-state index in [4.69, 9.17) is 5.73 Å². The van der Waals surface area contributed by atoms with Gasteiger partial charge in [0, 0.05) is 17.6 Å². The normalized spacial score (nSPS) is 11.1. The zero-order chi connectivity index (χ0) is 20.3. The molecule has 3 rings (SSSR count). The molecule has 6 nitrogen and oxygen atoms in total. The predicted molar refractivity (Wildman–Crippen MR) is 100 cm³/mol. The van der Waals surface area contributed by atoms with Crippen LogP contribution in [0.1, 0.15) is 15.4 Å². The lowest BCUT2D eigenvalue weighted by Gasteiger charge is -2.11. The van der Waals surface area contributed by atoms with Crippen molar-refractivity contribution in [2.75, 3.05) is 10.6 Å². The third-order valence-corrected chi connectivity index (χ3v) is 4.65. The number of thiazole rings is 1. The molecule has 2 aromatic carbocycles. The Kier molecular flexibility index (Phi) is 5.32. The van der Waals surface area contributed by atoms with Crippen molar-refractivity contribution in [3.63, 3.8) is 0 Å². The molecule has 0 bridgehead atoms. The molecule has 0 spiro atoms. The summed E-state index contributed by atoms with van der Waals surface area (Å²) in [4.78, 5) is 27.8. The van der Waals surface area contributed by atoms with Gasteiger partial charge in [-0.2, -0.15) is 13.2 Å².